The van der Waals surface area contributed by atoms with E-state index in [9.17, 15) is 9.59 Å². The fourth-order valence-electron chi connectivity index (χ4n) is 2.12. The first-order valence-electron chi connectivity index (χ1n) is 7.11. The maximum Gasteiger partial charge on any atom is 0.251 e. The Balaban J connectivity index is 2.06. The van der Waals surface area contributed by atoms with Gasteiger partial charge in [0.15, 0.2) is 0 Å². The fourth-order valence-corrected chi connectivity index (χ4v) is 2.12. The molecule has 0 fully saturated rings. The van der Waals surface area contributed by atoms with E-state index >= 15 is 0 Å². The molecule has 0 radical (unpaired) electrons. The lowest BCUT2D eigenvalue weighted by molar-refractivity contribution is -0.115. The van der Waals surface area contributed by atoms with E-state index in [-0.39, 0.29) is 18.2 Å². The molecule has 2 aromatic rings. The van der Waals surface area contributed by atoms with Crippen molar-refractivity contribution in [1.82, 2.24) is 10.5 Å². The van der Waals surface area contributed by atoms with Gasteiger partial charge in [-0.15, -0.1) is 0 Å². The number of aromatic nitrogens is 1. The summed E-state index contributed by atoms with van der Waals surface area (Å²) in [5.74, 6) is 0.301. The molecule has 0 bridgehead atoms. The molecule has 1 aromatic heterocycles. The summed E-state index contributed by atoms with van der Waals surface area (Å²) >= 11 is 0. The lowest BCUT2D eigenvalue weighted by atomic mass is 10.1. The molecule has 2 amide bonds. The van der Waals surface area contributed by atoms with Crippen LogP contribution in [0.15, 0.2) is 28.8 Å². The van der Waals surface area contributed by atoms with E-state index in [1.54, 1.807) is 38.1 Å². The number of carbonyl (C=O) groups is 2. The van der Waals surface area contributed by atoms with Crippen molar-refractivity contribution in [1.29, 1.82) is 0 Å². The number of nitrogens with one attached hydrogen (secondary N) is 2. The topological polar surface area (TPSA) is 84.2 Å². The van der Waals surface area contributed by atoms with Gasteiger partial charge in [0.25, 0.3) is 5.91 Å². The van der Waals surface area contributed by atoms with E-state index in [2.05, 4.69) is 15.8 Å². The Bertz CT molecular complexity index is 672. The summed E-state index contributed by atoms with van der Waals surface area (Å²) < 4.78 is 5.04. The molecule has 0 aliphatic heterocycles. The summed E-state index contributed by atoms with van der Waals surface area (Å²) in [6, 6.07) is 6.83. The van der Waals surface area contributed by atoms with E-state index in [0.29, 0.717) is 29.2 Å². The maximum absolute atomic E-state index is 12.1. The molecule has 6 heteroatoms. The molecule has 0 saturated carbocycles. The first-order valence-corrected chi connectivity index (χ1v) is 7.11. The third-order valence-electron chi connectivity index (χ3n) is 3.26. The Labute approximate surface area is 128 Å². The lowest BCUT2D eigenvalue weighted by Crippen LogP contribution is -2.23. The minimum Gasteiger partial charge on any atom is -0.361 e. The van der Waals surface area contributed by atoms with Crippen molar-refractivity contribution >= 4 is 17.5 Å². The van der Waals surface area contributed by atoms with Crippen LogP contribution in [0.5, 0.6) is 0 Å². The Morgan fingerprint density at radius 1 is 1.27 bits per heavy atom. The number of amides is 2. The number of hydrogen-bond donors (Lipinski definition) is 2. The van der Waals surface area contributed by atoms with Gasteiger partial charge in [-0.1, -0.05) is 11.2 Å². The van der Waals surface area contributed by atoms with Gasteiger partial charge in [0.05, 0.1) is 12.1 Å². The summed E-state index contributed by atoms with van der Waals surface area (Å²) in [7, 11) is 0. The van der Waals surface area contributed by atoms with Crippen LogP contribution in [0.25, 0.3) is 0 Å². The smallest absolute Gasteiger partial charge is 0.251 e. The van der Waals surface area contributed by atoms with Crippen molar-refractivity contribution in [2.75, 3.05) is 11.9 Å². The molecule has 0 unspecified atom stereocenters. The molecule has 0 aliphatic rings. The Morgan fingerprint density at radius 2 is 2.05 bits per heavy atom. The van der Waals surface area contributed by atoms with Gasteiger partial charge in [-0.05, 0) is 39.0 Å². The number of anilines is 1. The molecule has 0 atom stereocenters. The van der Waals surface area contributed by atoms with Gasteiger partial charge in [-0.3, -0.25) is 9.59 Å². The third kappa shape index (κ3) is 3.72. The molecule has 2 N–H and O–H groups in total. The summed E-state index contributed by atoms with van der Waals surface area (Å²) in [6.07, 6.45) is 0.187. The standard InChI is InChI=1S/C16H19N3O3/c1-4-17-16(21)12-6-5-7-13(8-12)18-15(20)9-14-10(2)19-22-11(14)3/h5-8H,4,9H2,1-3H3,(H,17,21)(H,18,20). The molecule has 116 valence electrons. The lowest BCUT2D eigenvalue weighted by Gasteiger charge is -2.07. The van der Waals surface area contributed by atoms with Crippen LogP contribution in [0, 0.1) is 13.8 Å². The van der Waals surface area contributed by atoms with Gasteiger partial charge in [-0.2, -0.15) is 0 Å². The van der Waals surface area contributed by atoms with Crippen LogP contribution >= 0.6 is 0 Å². The summed E-state index contributed by atoms with van der Waals surface area (Å²) in [4.78, 5) is 23.9. The van der Waals surface area contributed by atoms with Gasteiger partial charge in [0.1, 0.15) is 5.76 Å². The monoisotopic (exact) mass is 301 g/mol. The van der Waals surface area contributed by atoms with E-state index in [1.165, 1.54) is 0 Å². The van der Waals surface area contributed by atoms with Gasteiger partial charge in [0.2, 0.25) is 5.91 Å². The van der Waals surface area contributed by atoms with Crippen LogP contribution in [-0.4, -0.2) is 23.5 Å². The Kier molecular flexibility index (Phi) is 4.93. The number of rotatable bonds is 5. The quantitative estimate of drug-likeness (QED) is 0.887. The largest absolute Gasteiger partial charge is 0.361 e. The molecule has 6 nitrogen and oxygen atoms in total. The van der Waals surface area contributed by atoms with E-state index in [4.69, 9.17) is 4.52 Å². The van der Waals surface area contributed by atoms with Gasteiger partial charge in [-0.25, -0.2) is 0 Å². The van der Waals surface area contributed by atoms with Crippen molar-refractivity contribution in [2.24, 2.45) is 0 Å². The molecule has 0 aliphatic carbocycles. The molecular formula is C16H19N3O3. The highest BCUT2D eigenvalue weighted by atomic mass is 16.5. The van der Waals surface area contributed by atoms with Gasteiger partial charge in [0, 0.05) is 23.4 Å². The average Bonchev–Trinajstić information content (AvgIpc) is 2.79. The molecule has 2 rings (SSSR count). The van der Waals surface area contributed by atoms with Crippen LogP contribution < -0.4 is 10.6 Å². The van der Waals surface area contributed by atoms with Crippen LogP contribution in [0.4, 0.5) is 5.69 Å². The van der Waals surface area contributed by atoms with Crippen LogP contribution in [0.3, 0.4) is 0 Å². The molecule has 1 aromatic carbocycles. The van der Waals surface area contributed by atoms with Crippen LogP contribution in [0.1, 0.15) is 34.3 Å². The normalized spacial score (nSPS) is 10.3. The second kappa shape index (κ2) is 6.89. The Hall–Kier alpha value is -2.63. The second-order valence-electron chi connectivity index (χ2n) is 4.97. The second-order valence-corrected chi connectivity index (χ2v) is 4.97. The predicted octanol–water partition coefficient (Wildman–Crippen LogP) is 2.22. The molecule has 0 saturated heterocycles. The van der Waals surface area contributed by atoms with Crippen LogP contribution in [0.2, 0.25) is 0 Å². The third-order valence-corrected chi connectivity index (χ3v) is 3.26. The minimum atomic E-state index is -0.178. The molecule has 1 heterocycles. The Morgan fingerprint density at radius 3 is 2.68 bits per heavy atom. The predicted molar refractivity (Wildman–Crippen MR) is 82.8 cm³/mol. The summed E-state index contributed by atoms with van der Waals surface area (Å²) in [6.45, 7) is 5.99. The number of carbonyl (C=O) groups excluding carboxylic acids is 2. The minimum absolute atomic E-state index is 0.163. The van der Waals surface area contributed by atoms with E-state index in [1.807, 2.05) is 6.92 Å². The molecule has 0 spiro atoms. The highest BCUT2D eigenvalue weighted by Crippen LogP contribution is 2.15. The van der Waals surface area contributed by atoms with Crippen molar-refractivity contribution < 1.29 is 14.1 Å². The van der Waals surface area contributed by atoms with Crippen molar-refractivity contribution in [3.8, 4) is 0 Å². The zero-order chi connectivity index (χ0) is 16.1. The fraction of sp³-hybridized carbons (Fsp3) is 0.312. The average molecular weight is 301 g/mol. The van der Waals surface area contributed by atoms with Crippen molar-refractivity contribution in [3.63, 3.8) is 0 Å². The van der Waals surface area contributed by atoms with Crippen molar-refractivity contribution in [2.45, 2.75) is 27.2 Å². The maximum atomic E-state index is 12.1. The first kappa shape index (κ1) is 15.8. The van der Waals surface area contributed by atoms with Gasteiger partial charge < -0.3 is 15.2 Å². The number of nitrogens with zero attached hydrogens (tertiary/aromatic N) is 1. The van der Waals surface area contributed by atoms with E-state index in [0.717, 1.165) is 5.56 Å². The number of benzene rings is 1. The van der Waals surface area contributed by atoms with Gasteiger partial charge >= 0.3 is 0 Å². The summed E-state index contributed by atoms with van der Waals surface area (Å²) in [5.41, 5.74) is 2.60. The number of aryl methyl sites for hydroxylation is 2. The zero-order valence-corrected chi connectivity index (χ0v) is 12.9. The molecular weight excluding hydrogens is 282 g/mol. The van der Waals surface area contributed by atoms with Crippen molar-refractivity contribution in [3.05, 3.63) is 46.8 Å². The summed E-state index contributed by atoms with van der Waals surface area (Å²) in [5, 5.41) is 9.33. The zero-order valence-electron chi connectivity index (χ0n) is 12.9. The number of hydrogen-bond acceptors (Lipinski definition) is 4. The SMILES string of the molecule is CCNC(=O)c1cccc(NC(=O)Cc2c(C)noc2C)c1. The molecule has 22 heavy (non-hydrogen) atoms. The first-order chi connectivity index (χ1) is 10.5. The van der Waals surface area contributed by atoms with E-state index < -0.39 is 0 Å². The highest BCUT2D eigenvalue weighted by molar-refractivity contribution is 5.97. The highest BCUT2D eigenvalue weighted by Gasteiger charge is 2.14. The van der Waals surface area contributed by atoms with Crippen LogP contribution in [-0.2, 0) is 11.2 Å².